The summed E-state index contributed by atoms with van der Waals surface area (Å²) in [5.41, 5.74) is 8.35. The fourth-order valence-electron chi connectivity index (χ4n) is 2.55. The van der Waals surface area contributed by atoms with E-state index in [0.29, 0.717) is 5.13 Å². The summed E-state index contributed by atoms with van der Waals surface area (Å²) in [6.07, 6.45) is 0.241. The van der Waals surface area contributed by atoms with Crippen LogP contribution in [0.3, 0.4) is 0 Å². The van der Waals surface area contributed by atoms with E-state index in [0.717, 1.165) is 36.6 Å². The van der Waals surface area contributed by atoms with Gasteiger partial charge in [0.15, 0.2) is 5.13 Å². The molecule has 2 aromatic rings. The summed E-state index contributed by atoms with van der Waals surface area (Å²) in [4.78, 5) is 18.1. The van der Waals surface area contributed by atoms with Gasteiger partial charge in [-0.15, -0.1) is 11.3 Å². The highest BCUT2D eigenvalue weighted by Gasteiger charge is 2.17. The van der Waals surface area contributed by atoms with Crippen molar-refractivity contribution in [2.24, 2.45) is 5.73 Å². The molecule has 0 bridgehead atoms. The number of ether oxygens (including phenoxy) is 1. The largest absolute Gasteiger partial charge is 0.375 e. The first-order valence-electron chi connectivity index (χ1n) is 7.58. The number of amides is 1. The quantitative estimate of drug-likeness (QED) is 0.894. The molecule has 6 nitrogen and oxygen atoms in total. The maximum atomic E-state index is 11.3. The Hall–Kier alpha value is -1.96. The molecule has 0 radical (unpaired) electrons. The summed E-state index contributed by atoms with van der Waals surface area (Å²) in [5.74, 6) is -0.234. The van der Waals surface area contributed by atoms with Crippen LogP contribution in [-0.4, -0.2) is 43.2 Å². The first-order valence-corrected chi connectivity index (χ1v) is 8.46. The number of nitrogens with one attached hydrogen (secondary N) is 1. The van der Waals surface area contributed by atoms with Crippen molar-refractivity contribution in [1.29, 1.82) is 0 Å². The molecule has 7 heteroatoms. The molecule has 0 spiro atoms. The fraction of sp³-hybridized carbons (Fsp3) is 0.375. The van der Waals surface area contributed by atoms with Crippen LogP contribution in [0.1, 0.15) is 6.92 Å². The van der Waals surface area contributed by atoms with Gasteiger partial charge >= 0.3 is 0 Å². The highest BCUT2D eigenvalue weighted by atomic mass is 32.1. The first-order chi connectivity index (χ1) is 11.2. The van der Waals surface area contributed by atoms with Crippen LogP contribution in [0.25, 0.3) is 11.3 Å². The maximum Gasteiger partial charge on any atom is 0.239 e. The Morgan fingerprint density at radius 3 is 3.22 bits per heavy atom. The number of nitrogens with two attached hydrogens (primary N) is 1. The molecular weight excluding hydrogens is 312 g/mol. The van der Waals surface area contributed by atoms with Crippen molar-refractivity contribution in [3.8, 4) is 11.3 Å². The van der Waals surface area contributed by atoms with Crippen molar-refractivity contribution in [3.63, 3.8) is 0 Å². The maximum absolute atomic E-state index is 11.3. The molecule has 1 atom stereocenters. The van der Waals surface area contributed by atoms with Crippen molar-refractivity contribution < 1.29 is 9.53 Å². The van der Waals surface area contributed by atoms with Crippen LogP contribution >= 0.6 is 11.3 Å². The third kappa shape index (κ3) is 3.87. The minimum absolute atomic E-state index is 0.0420. The highest BCUT2D eigenvalue weighted by Crippen LogP contribution is 2.28. The van der Waals surface area contributed by atoms with E-state index in [1.165, 1.54) is 11.3 Å². The molecule has 1 aromatic heterocycles. The lowest BCUT2D eigenvalue weighted by Gasteiger charge is -2.33. The molecule has 1 aliphatic heterocycles. The van der Waals surface area contributed by atoms with E-state index in [4.69, 9.17) is 10.5 Å². The van der Waals surface area contributed by atoms with Crippen molar-refractivity contribution in [2.45, 2.75) is 13.0 Å². The zero-order valence-corrected chi connectivity index (χ0v) is 13.8. The number of rotatable bonds is 4. The highest BCUT2D eigenvalue weighted by molar-refractivity contribution is 7.14. The number of thiazole rings is 1. The molecule has 1 aliphatic rings. The SMILES string of the molecule is C[C@@H]1CN(c2cccc(-c3csc(NC(=O)CN)n3)c2)CCO1. The molecule has 23 heavy (non-hydrogen) atoms. The molecule has 0 aliphatic carbocycles. The molecule has 1 saturated heterocycles. The lowest BCUT2D eigenvalue weighted by atomic mass is 10.1. The summed E-state index contributed by atoms with van der Waals surface area (Å²) >= 11 is 1.40. The second-order valence-corrected chi connectivity index (χ2v) is 6.33. The Bertz CT molecular complexity index is 688. The number of anilines is 2. The van der Waals surface area contributed by atoms with Gasteiger partial charge in [0.2, 0.25) is 5.91 Å². The van der Waals surface area contributed by atoms with Gasteiger partial charge < -0.3 is 20.7 Å². The monoisotopic (exact) mass is 332 g/mol. The summed E-state index contributed by atoms with van der Waals surface area (Å²) in [5, 5.41) is 5.19. The predicted octanol–water partition coefficient (Wildman–Crippen LogP) is 1.93. The topological polar surface area (TPSA) is 80.5 Å². The number of hydrogen-bond donors (Lipinski definition) is 2. The number of carbonyl (C=O) groups is 1. The Morgan fingerprint density at radius 2 is 2.43 bits per heavy atom. The minimum atomic E-state index is -0.234. The van der Waals surface area contributed by atoms with Gasteiger partial charge in [-0.05, 0) is 19.1 Å². The van der Waals surface area contributed by atoms with Gasteiger partial charge in [0.25, 0.3) is 0 Å². The molecule has 1 fully saturated rings. The lowest BCUT2D eigenvalue weighted by Crippen LogP contribution is -2.41. The second kappa shape index (κ2) is 7.08. The molecular formula is C16H20N4O2S. The van der Waals surface area contributed by atoms with E-state index in [2.05, 4.69) is 34.3 Å². The van der Waals surface area contributed by atoms with Crippen LogP contribution in [-0.2, 0) is 9.53 Å². The number of carbonyl (C=O) groups excluding carboxylic acids is 1. The third-order valence-electron chi connectivity index (χ3n) is 3.68. The van der Waals surface area contributed by atoms with Crippen LogP contribution in [0.2, 0.25) is 0 Å². The molecule has 1 amide bonds. The molecule has 2 heterocycles. The van der Waals surface area contributed by atoms with Gasteiger partial charge in [-0.1, -0.05) is 12.1 Å². The van der Waals surface area contributed by atoms with Gasteiger partial charge in [-0.2, -0.15) is 0 Å². The van der Waals surface area contributed by atoms with Crippen LogP contribution in [0.5, 0.6) is 0 Å². The summed E-state index contributed by atoms with van der Waals surface area (Å²) < 4.78 is 5.59. The van der Waals surface area contributed by atoms with E-state index < -0.39 is 0 Å². The van der Waals surface area contributed by atoms with E-state index in [1.54, 1.807) is 0 Å². The van der Waals surface area contributed by atoms with Gasteiger partial charge in [-0.3, -0.25) is 4.79 Å². The molecule has 3 rings (SSSR count). The Balaban J connectivity index is 1.78. The Kier molecular flexibility index (Phi) is 4.90. The molecule has 0 saturated carbocycles. The van der Waals surface area contributed by atoms with Crippen molar-refractivity contribution in [2.75, 3.05) is 36.5 Å². The average molecular weight is 332 g/mol. The standard InChI is InChI=1S/C16H20N4O2S/c1-11-9-20(5-6-22-11)13-4-2-3-12(7-13)14-10-23-16(18-14)19-15(21)8-17/h2-4,7,10-11H,5-6,8-9,17H2,1H3,(H,18,19,21)/t11-/m1/s1. The second-order valence-electron chi connectivity index (χ2n) is 5.47. The normalized spacial score (nSPS) is 18.0. The summed E-state index contributed by atoms with van der Waals surface area (Å²) in [6, 6.07) is 8.28. The van der Waals surface area contributed by atoms with Crippen molar-refractivity contribution >= 4 is 28.1 Å². The van der Waals surface area contributed by atoms with E-state index >= 15 is 0 Å². The van der Waals surface area contributed by atoms with Crippen LogP contribution in [0, 0.1) is 0 Å². The smallest absolute Gasteiger partial charge is 0.239 e. The number of benzene rings is 1. The average Bonchev–Trinajstić information content (AvgIpc) is 3.03. The number of nitrogens with zero attached hydrogens (tertiary/aromatic N) is 2. The Morgan fingerprint density at radius 1 is 1.57 bits per heavy atom. The van der Waals surface area contributed by atoms with Crippen molar-refractivity contribution in [3.05, 3.63) is 29.6 Å². The van der Waals surface area contributed by atoms with Crippen LogP contribution in [0.4, 0.5) is 10.8 Å². The summed E-state index contributed by atoms with van der Waals surface area (Å²) in [7, 11) is 0. The van der Waals surface area contributed by atoms with Crippen molar-refractivity contribution in [1.82, 2.24) is 4.98 Å². The molecule has 0 unspecified atom stereocenters. The predicted molar refractivity (Wildman–Crippen MR) is 92.9 cm³/mol. The first kappa shape index (κ1) is 15.9. The van der Waals surface area contributed by atoms with Gasteiger partial charge in [-0.25, -0.2) is 4.98 Å². The third-order valence-corrected chi connectivity index (χ3v) is 4.44. The van der Waals surface area contributed by atoms with Crippen LogP contribution < -0.4 is 16.0 Å². The zero-order valence-electron chi connectivity index (χ0n) is 13.0. The summed E-state index contributed by atoms with van der Waals surface area (Å²) in [6.45, 7) is 4.57. The van der Waals surface area contributed by atoms with Gasteiger partial charge in [0.1, 0.15) is 0 Å². The number of aromatic nitrogens is 1. The van der Waals surface area contributed by atoms with E-state index in [1.807, 2.05) is 17.5 Å². The van der Waals surface area contributed by atoms with E-state index in [9.17, 15) is 4.79 Å². The van der Waals surface area contributed by atoms with Crippen LogP contribution in [0.15, 0.2) is 29.6 Å². The number of hydrogen-bond acceptors (Lipinski definition) is 6. The van der Waals surface area contributed by atoms with Gasteiger partial charge in [0, 0.05) is 29.7 Å². The van der Waals surface area contributed by atoms with E-state index in [-0.39, 0.29) is 18.6 Å². The molecule has 3 N–H and O–H groups in total. The molecule has 122 valence electrons. The fourth-order valence-corrected chi connectivity index (χ4v) is 3.28. The lowest BCUT2D eigenvalue weighted by molar-refractivity contribution is -0.114. The Labute approximate surface area is 139 Å². The van der Waals surface area contributed by atoms with Gasteiger partial charge in [0.05, 0.1) is 24.9 Å². The minimum Gasteiger partial charge on any atom is -0.375 e. The molecule has 1 aromatic carbocycles. The number of morpholine rings is 1. The zero-order chi connectivity index (χ0) is 16.2.